The Balaban J connectivity index is 1.33. The van der Waals surface area contributed by atoms with Gasteiger partial charge in [0.2, 0.25) is 0 Å². The van der Waals surface area contributed by atoms with Crippen molar-refractivity contribution in [2.75, 3.05) is 0 Å². The second-order valence-electron chi connectivity index (χ2n) is 10.9. The lowest BCUT2D eigenvalue weighted by Gasteiger charge is -2.21. The third-order valence-electron chi connectivity index (χ3n) is 8.13. The Morgan fingerprint density at radius 3 is 1.73 bits per heavy atom. The van der Waals surface area contributed by atoms with E-state index in [2.05, 4.69) is 56.3 Å². The number of hydrogen-bond donors (Lipinski definition) is 0. The monoisotopic (exact) mass is 515 g/mol. The van der Waals surface area contributed by atoms with Crippen LogP contribution in [0.5, 0.6) is 0 Å². The molecule has 1 aliphatic carbocycles. The molecule has 1 aliphatic rings. The summed E-state index contributed by atoms with van der Waals surface area (Å²) in [5.74, 6) is 1.94. The van der Waals surface area contributed by atoms with Gasteiger partial charge in [-0.05, 0) is 52.6 Å². The highest BCUT2D eigenvalue weighted by molar-refractivity contribution is 6.08. The molecule has 8 rings (SSSR count). The van der Waals surface area contributed by atoms with Gasteiger partial charge >= 0.3 is 0 Å². The minimum atomic E-state index is -0.0787. The second-order valence-corrected chi connectivity index (χ2v) is 10.9. The molecule has 7 aromatic rings. The van der Waals surface area contributed by atoms with Crippen molar-refractivity contribution in [1.82, 2.24) is 15.0 Å². The van der Waals surface area contributed by atoms with Gasteiger partial charge in [-0.3, -0.25) is 0 Å². The molecule has 40 heavy (non-hydrogen) atoms. The van der Waals surface area contributed by atoms with E-state index < -0.39 is 0 Å². The van der Waals surface area contributed by atoms with Crippen molar-refractivity contribution < 1.29 is 4.42 Å². The van der Waals surface area contributed by atoms with Crippen LogP contribution in [0.4, 0.5) is 0 Å². The zero-order valence-electron chi connectivity index (χ0n) is 22.2. The quantitative estimate of drug-likeness (QED) is 0.235. The first-order valence-electron chi connectivity index (χ1n) is 13.5. The zero-order valence-corrected chi connectivity index (χ0v) is 22.2. The molecule has 2 aromatic heterocycles. The van der Waals surface area contributed by atoms with Crippen LogP contribution in [0.1, 0.15) is 25.0 Å². The van der Waals surface area contributed by atoms with Crippen molar-refractivity contribution in [3.63, 3.8) is 0 Å². The van der Waals surface area contributed by atoms with Crippen LogP contribution in [0.3, 0.4) is 0 Å². The molecule has 0 radical (unpaired) electrons. The molecule has 0 unspecified atom stereocenters. The van der Waals surface area contributed by atoms with E-state index >= 15 is 0 Å². The first kappa shape index (κ1) is 22.9. The molecule has 0 spiro atoms. The van der Waals surface area contributed by atoms with Crippen LogP contribution in [0.25, 0.3) is 67.2 Å². The fourth-order valence-corrected chi connectivity index (χ4v) is 6.05. The molecule has 2 heterocycles. The Labute approximate surface area is 232 Å². The average molecular weight is 516 g/mol. The van der Waals surface area contributed by atoms with E-state index in [1.807, 2.05) is 72.8 Å². The minimum absolute atomic E-state index is 0.0787. The van der Waals surface area contributed by atoms with Gasteiger partial charge in [0.25, 0.3) is 0 Å². The fraction of sp³-hybridized carbons (Fsp3) is 0.0833. The summed E-state index contributed by atoms with van der Waals surface area (Å²) < 4.78 is 6.38. The molecular formula is C36H25N3O. The number of rotatable bonds is 3. The second kappa shape index (κ2) is 8.45. The predicted molar refractivity (Wildman–Crippen MR) is 161 cm³/mol. The van der Waals surface area contributed by atoms with Crippen LogP contribution in [-0.2, 0) is 5.41 Å². The van der Waals surface area contributed by atoms with Crippen LogP contribution in [0, 0.1) is 0 Å². The van der Waals surface area contributed by atoms with Crippen molar-refractivity contribution in [1.29, 1.82) is 0 Å². The third-order valence-corrected chi connectivity index (χ3v) is 8.13. The van der Waals surface area contributed by atoms with Gasteiger partial charge in [-0.1, -0.05) is 98.8 Å². The first-order valence-corrected chi connectivity index (χ1v) is 13.5. The summed E-state index contributed by atoms with van der Waals surface area (Å²) in [6.45, 7) is 4.61. The number of furan rings is 1. The van der Waals surface area contributed by atoms with E-state index in [0.717, 1.165) is 38.6 Å². The molecule has 190 valence electrons. The Hall–Kier alpha value is -5.09. The summed E-state index contributed by atoms with van der Waals surface area (Å²) in [6, 6.07) is 39.6. The number of hydrogen-bond acceptors (Lipinski definition) is 4. The van der Waals surface area contributed by atoms with E-state index in [0.29, 0.717) is 17.5 Å². The van der Waals surface area contributed by atoms with Gasteiger partial charge in [-0.25, -0.2) is 15.0 Å². The summed E-state index contributed by atoms with van der Waals surface area (Å²) >= 11 is 0. The predicted octanol–water partition coefficient (Wildman–Crippen LogP) is 9.08. The van der Waals surface area contributed by atoms with Crippen molar-refractivity contribution in [2.45, 2.75) is 19.3 Å². The number of fused-ring (bicyclic) bond motifs is 6. The van der Waals surface area contributed by atoms with Gasteiger partial charge in [0.05, 0.1) is 0 Å². The smallest absolute Gasteiger partial charge is 0.164 e. The molecule has 4 nitrogen and oxygen atoms in total. The third kappa shape index (κ3) is 3.43. The standard InChI is InChI=1S/C36H25N3O/c1-36(2)29-16-10-9-15-25(29)26-21-32-28(20-30(26)36)27-19-24(17-18-31(27)40-32)35-38-33(22-11-5-3-6-12-22)37-34(39-35)23-13-7-4-8-14-23/h3-21H,1-2H3. The molecule has 0 atom stereocenters. The lowest BCUT2D eigenvalue weighted by molar-refractivity contribution is 0.658. The van der Waals surface area contributed by atoms with Gasteiger partial charge in [-0.2, -0.15) is 0 Å². The highest BCUT2D eigenvalue weighted by Gasteiger charge is 2.36. The van der Waals surface area contributed by atoms with E-state index in [1.165, 1.54) is 22.3 Å². The summed E-state index contributed by atoms with van der Waals surface area (Å²) in [4.78, 5) is 14.7. The average Bonchev–Trinajstić information content (AvgIpc) is 3.48. The van der Waals surface area contributed by atoms with Gasteiger partial charge in [-0.15, -0.1) is 0 Å². The first-order chi connectivity index (χ1) is 19.6. The van der Waals surface area contributed by atoms with E-state index in [9.17, 15) is 0 Å². The molecule has 4 heteroatoms. The highest BCUT2D eigenvalue weighted by atomic mass is 16.3. The maximum absolute atomic E-state index is 6.38. The number of aromatic nitrogens is 3. The van der Waals surface area contributed by atoms with Crippen LogP contribution in [0.2, 0.25) is 0 Å². The molecule has 0 bridgehead atoms. The lowest BCUT2D eigenvalue weighted by atomic mass is 9.82. The number of benzene rings is 5. The normalized spacial score (nSPS) is 13.4. The summed E-state index contributed by atoms with van der Waals surface area (Å²) in [7, 11) is 0. The molecule has 5 aromatic carbocycles. The van der Waals surface area contributed by atoms with Gasteiger partial charge in [0.15, 0.2) is 17.5 Å². The highest BCUT2D eigenvalue weighted by Crippen LogP contribution is 2.50. The Kier molecular flexibility index (Phi) is 4.83. The van der Waals surface area contributed by atoms with E-state index in [1.54, 1.807) is 0 Å². The maximum Gasteiger partial charge on any atom is 0.164 e. The van der Waals surface area contributed by atoms with Crippen LogP contribution in [-0.4, -0.2) is 15.0 Å². The molecule has 0 aliphatic heterocycles. The van der Waals surface area contributed by atoms with Crippen molar-refractivity contribution in [2.24, 2.45) is 0 Å². The van der Waals surface area contributed by atoms with Crippen LogP contribution < -0.4 is 0 Å². The minimum Gasteiger partial charge on any atom is -0.456 e. The lowest BCUT2D eigenvalue weighted by Crippen LogP contribution is -2.14. The number of nitrogens with zero attached hydrogens (tertiary/aromatic N) is 3. The topological polar surface area (TPSA) is 51.8 Å². The van der Waals surface area contributed by atoms with Gasteiger partial charge in [0, 0.05) is 32.9 Å². The molecular weight excluding hydrogens is 490 g/mol. The zero-order chi connectivity index (χ0) is 26.8. The van der Waals surface area contributed by atoms with E-state index in [-0.39, 0.29) is 5.41 Å². The molecule has 0 saturated heterocycles. The van der Waals surface area contributed by atoms with Crippen molar-refractivity contribution >= 4 is 21.9 Å². The fourth-order valence-electron chi connectivity index (χ4n) is 6.05. The Morgan fingerprint density at radius 2 is 1.05 bits per heavy atom. The molecule has 0 amide bonds. The van der Waals surface area contributed by atoms with Crippen LogP contribution in [0.15, 0.2) is 120 Å². The SMILES string of the molecule is CC1(C)c2ccccc2-c2cc3oc4ccc(-c5nc(-c6ccccc6)nc(-c6ccccc6)n5)cc4c3cc21. The Bertz CT molecular complexity index is 2020. The summed E-state index contributed by atoms with van der Waals surface area (Å²) in [6.07, 6.45) is 0. The van der Waals surface area contributed by atoms with Crippen molar-refractivity contribution in [3.05, 3.63) is 126 Å². The molecule has 0 saturated carbocycles. The maximum atomic E-state index is 6.38. The van der Waals surface area contributed by atoms with Crippen LogP contribution >= 0.6 is 0 Å². The largest absolute Gasteiger partial charge is 0.456 e. The van der Waals surface area contributed by atoms with E-state index in [4.69, 9.17) is 19.4 Å². The molecule has 0 fully saturated rings. The van der Waals surface area contributed by atoms with Crippen molar-refractivity contribution in [3.8, 4) is 45.3 Å². The van der Waals surface area contributed by atoms with Gasteiger partial charge in [0.1, 0.15) is 11.2 Å². The molecule has 0 N–H and O–H groups in total. The summed E-state index contributed by atoms with van der Waals surface area (Å²) in [5.41, 5.74) is 9.73. The van der Waals surface area contributed by atoms with Gasteiger partial charge < -0.3 is 4.42 Å². The Morgan fingerprint density at radius 1 is 0.475 bits per heavy atom. The summed E-state index contributed by atoms with van der Waals surface area (Å²) in [5, 5.41) is 2.17.